The number of benzene rings is 1. The van der Waals surface area contributed by atoms with Crippen LogP contribution in [-0.4, -0.2) is 28.3 Å². The van der Waals surface area contributed by atoms with E-state index in [1.54, 1.807) is 12.1 Å². The molecule has 19 heavy (non-hydrogen) atoms. The van der Waals surface area contributed by atoms with Crippen LogP contribution in [0.3, 0.4) is 0 Å². The molecule has 0 radical (unpaired) electrons. The zero-order valence-corrected chi connectivity index (χ0v) is 11.1. The zero-order valence-electron chi connectivity index (χ0n) is 10.3. The topological polar surface area (TPSA) is 44.8 Å². The van der Waals surface area contributed by atoms with Crippen LogP contribution in [-0.2, 0) is 0 Å². The van der Waals surface area contributed by atoms with Crippen LogP contribution >= 0.6 is 11.6 Å². The Morgan fingerprint density at radius 3 is 2.74 bits per heavy atom. The molecule has 6 heteroatoms. The number of rotatable bonds is 2. The lowest BCUT2D eigenvalue weighted by molar-refractivity contribution is 0.478. The first kappa shape index (κ1) is 12.4. The minimum absolute atomic E-state index is 0.203. The fourth-order valence-electron chi connectivity index (χ4n) is 2.59. The fourth-order valence-corrected chi connectivity index (χ4v) is 2.75. The molecule has 4 nitrogen and oxygen atoms in total. The van der Waals surface area contributed by atoms with Crippen molar-refractivity contribution in [1.82, 2.24) is 15.2 Å². The lowest BCUT2D eigenvalue weighted by atomic mass is 9.89. The molecule has 0 saturated carbocycles. The van der Waals surface area contributed by atoms with Gasteiger partial charge in [-0.05, 0) is 36.5 Å². The SMILES string of the molecule is Fc1cc(Cl)ccc1C1CCN(c2ncn[nH]2)CC1. The molecule has 3 rings (SSSR count). The monoisotopic (exact) mass is 280 g/mol. The molecule has 1 aromatic carbocycles. The van der Waals surface area contributed by atoms with Crippen LogP contribution in [0.1, 0.15) is 24.3 Å². The van der Waals surface area contributed by atoms with E-state index in [2.05, 4.69) is 20.1 Å². The van der Waals surface area contributed by atoms with E-state index in [-0.39, 0.29) is 11.7 Å². The zero-order chi connectivity index (χ0) is 13.2. The van der Waals surface area contributed by atoms with Gasteiger partial charge in [-0.25, -0.2) is 9.49 Å². The van der Waals surface area contributed by atoms with Crippen molar-refractivity contribution in [2.24, 2.45) is 0 Å². The van der Waals surface area contributed by atoms with Gasteiger partial charge in [0.05, 0.1) is 0 Å². The molecular weight excluding hydrogens is 267 g/mol. The van der Waals surface area contributed by atoms with E-state index in [0.29, 0.717) is 5.02 Å². The lowest BCUT2D eigenvalue weighted by Crippen LogP contribution is -2.33. The highest BCUT2D eigenvalue weighted by Gasteiger charge is 2.24. The van der Waals surface area contributed by atoms with E-state index in [9.17, 15) is 4.39 Å². The van der Waals surface area contributed by atoms with Crippen molar-refractivity contribution in [2.75, 3.05) is 18.0 Å². The number of hydrogen-bond donors (Lipinski definition) is 1. The van der Waals surface area contributed by atoms with Crippen LogP contribution in [0.25, 0.3) is 0 Å². The van der Waals surface area contributed by atoms with Gasteiger partial charge in [0, 0.05) is 18.1 Å². The third-order valence-corrected chi connectivity index (χ3v) is 3.83. The summed E-state index contributed by atoms with van der Waals surface area (Å²) in [7, 11) is 0. The molecule has 0 spiro atoms. The van der Waals surface area contributed by atoms with Crippen LogP contribution < -0.4 is 4.90 Å². The second-order valence-corrected chi connectivity index (χ2v) is 5.17. The Kier molecular flexibility index (Phi) is 3.38. The average molecular weight is 281 g/mol. The van der Waals surface area contributed by atoms with Crippen molar-refractivity contribution in [3.05, 3.63) is 40.9 Å². The Morgan fingerprint density at radius 2 is 2.11 bits per heavy atom. The van der Waals surface area contributed by atoms with Gasteiger partial charge in [-0.3, -0.25) is 0 Å². The number of piperidine rings is 1. The molecule has 1 aromatic heterocycles. The first-order valence-electron chi connectivity index (χ1n) is 6.29. The van der Waals surface area contributed by atoms with E-state index in [1.807, 2.05) is 0 Å². The minimum atomic E-state index is -0.203. The maximum Gasteiger partial charge on any atom is 0.221 e. The maximum atomic E-state index is 13.9. The third kappa shape index (κ3) is 2.56. The molecule has 0 amide bonds. The second kappa shape index (κ2) is 5.17. The van der Waals surface area contributed by atoms with Gasteiger partial charge in [0.2, 0.25) is 5.95 Å². The molecule has 0 bridgehead atoms. The second-order valence-electron chi connectivity index (χ2n) is 4.74. The Labute approximate surface area is 115 Å². The fraction of sp³-hybridized carbons (Fsp3) is 0.385. The van der Waals surface area contributed by atoms with Crippen molar-refractivity contribution < 1.29 is 4.39 Å². The highest BCUT2D eigenvalue weighted by molar-refractivity contribution is 6.30. The number of aromatic amines is 1. The Balaban J connectivity index is 1.70. The standard InChI is InChI=1S/C13H14ClFN4/c14-10-1-2-11(12(15)7-10)9-3-5-19(6-4-9)13-16-8-17-18-13/h1-2,7-9H,3-6H2,(H,16,17,18). The molecule has 1 aliphatic heterocycles. The predicted octanol–water partition coefficient (Wildman–Crippen LogP) is 2.98. The number of H-pyrrole nitrogens is 1. The first-order chi connectivity index (χ1) is 9.24. The number of hydrogen-bond acceptors (Lipinski definition) is 3. The highest BCUT2D eigenvalue weighted by atomic mass is 35.5. The average Bonchev–Trinajstić information content (AvgIpc) is 2.93. The van der Waals surface area contributed by atoms with Gasteiger partial charge in [-0.1, -0.05) is 17.7 Å². The smallest absolute Gasteiger partial charge is 0.221 e. The van der Waals surface area contributed by atoms with Crippen molar-refractivity contribution in [3.8, 4) is 0 Å². The molecular formula is C13H14ClFN4. The van der Waals surface area contributed by atoms with Crippen LogP contribution in [0.4, 0.5) is 10.3 Å². The largest absolute Gasteiger partial charge is 0.341 e. The van der Waals surface area contributed by atoms with Gasteiger partial charge in [0.15, 0.2) is 0 Å². The van der Waals surface area contributed by atoms with Crippen molar-refractivity contribution in [2.45, 2.75) is 18.8 Å². The van der Waals surface area contributed by atoms with Crippen molar-refractivity contribution >= 4 is 17.5 Å². The lowest BCUT2D eigenvalue weighted by Gasteiger charge is -2.31. The van der Waals surface area contributed by atoms with E-state index in [4.69, 9.17) is 11.6 Å². The number of aromatic nitrogens is 3. The Morgan fingerprint density at radius 1 is 1.32 bits per heavy atom. The predicted molar refractivity (Wildman–Crippen MR) is 72.0 cm³/mol. The molecule has 100 valence electrons. The van der Waals surface area contributed by atoms with Crippen LogP contribution in [0.5, 0.6) is 0 Å². The molecule has 1 aliphatic rings. The quantitative estimate of drug-likeness (QED) is 0.920. The summed E-state index contributed by atoms with van der Waals surface area (Å²) in [5.41, 5.74) is 0.765. The summed E-state index contributed by atoms with van der Waals surface area (Å²) in [6, 6.07) is 4.94. The van der Waals surface area contributed by atoms with E-state index >= 15 is 0 Å². The number of nitrogens with zero attached hydrogens (tertiary/aromatic N) is 3. The summed E-state index contributed by atoms with van der Waals surface area (Å²) in [5, 5.41) is 7.14. The number of nitrogens with one attached hydrogen (secondary N) is 1. The summed E-state index contributed by atoms with van der Waals surface area (Å²) in [6.45, 7) is 1.70. The summed E-state index contributed by atoms with van der Waals surface area (Å²) in [4.78, 5) is 6.27. The third-order valence-electron chi connectivity index (χ3n) is 3.60. The molecule has 2 aromatic rings. The number of anilines is 1. The molecule has 2 heterocycles. The van der Waals surface area contributed by atoms with E-state index in [0.717, 1.165) is 37.4 Å². The normalized spacial score (nSPS) is 16.8. The Bertz CT molecular complexity index is 550. The van der Waals surface area contributed by atoms with Gasteiger partial charge in [0.25, 0.3) is 0 Å². The van der Waals surface area contributed by atoms with Gasteiger partial charge >= 0.3 is 0 Å². The van der Waals surface area contributed by atoms with Gasteiger partial charge < -0.3 is 4.90 Å². The molecule has 0 unspecified atom stereocenters. The van der Waals surface area contributed by atoms with Crippen LogP contribution in [0, 0.1) is 5.82 Å². The summed E-state index contributed by atoms with van der Waals surface area (Å²) in [5.74, 6) is 0.831. The molecule has 1 saturated heterocycles. The molecule has 0 atom stereocenters. The maximum absolute atomic E-state index is 13.9. The van der Waals surface area contributed by atoms with Crippen molar-refractivity contribution in [1.29, 1.82) is 0 Å². The minimum Gasteiger partial charge on any atom is -0.341 e. The summed E-state index contributed by atoms with van der Waals surface area (Å²) in [6.07, 6.45) is 3.30. The van der Waals surface area contributed by atoms with Crippen LogP contribution in [0.2, 0.25) is 5.02 Å². The van der Waals surface area contributed by atoms with E-state index in [1.165, 1.54) is 12.4 Å². The first-order valence-corrected chi connectivity index (χ1v) is 6.67. The van der Waals surface area contributed by atoms with Crippen molar-refractivity contribution in [3.63, 3.8) is 0 Å². The van der Waals surface area contributed by atoms with Gasteiger partial charge in [-0.2, -0.15) is 10.1 Å². The van der Waals surface area contributed by atoms with Crippen LogP contribution in [0.15, 0.2) is 24.5 Å². The van der Waals surface area contributed by atoms with Gasteiger partial charge in [-0.15, -0.1) is 0 Å². The highest BCUT2D eigenvalue weighted by Crippen LogP contribution is 2.31. The van der Waals surface area contributed by atoms with Gasteiger partial charge in [0.1, 0.15) is 12.1 Å². The molecule has 1 fully saturated rings. The Hall–Kier alpha value is -1.62. The molecule has 1 N–H and O–H groups in total. The number of halogens is 2. The summed E-state index contributed by atoms with van der Waals surface area (Å²) < 4.78 is 13.9. The summed E-state index contributed by atoms with van der Waals surface area (Å²) >= 11 is 5.78. The van der Waals surface area contributed by atoms with E-state index < -0.39 is 0 Å². The molecule has 0 aliphatic carbocycles.